The van der Waals surface area contributed by atoms with Gasteiger partial charge >= 0.3 is 5.97 Å². The summed E-state index contributed by atoms with van der Waals surface area (Å²) in [6.45, 7) is 5.92. The summed E-state index contributed by atoms with van der Waals surface area (Å²) < 4.78 is 5.00. The van der Waals surface area contributed by atoms with Crippen LogP contribution in [0.5, 0.6) is 0 Å². The molecule has 108 valence electrons. The zero-order valence-corrected chi connectivity index (χ0v) is 12.1. The number of hydrogen-bond donors (Lipinski definition) is 1. The van der Waals surface area contributed by atoms with Gasteiger partial charge in [-0.15, -0.1) is 6.58 Å². The molecule has 3 heteroatoms. The van der Waals surface area contributed by atoms with E-state index in [0.717, 1.165) is 38.5 Å². The third-order valence-corrected chi connectivity index (χ3v) is 5.48. The summed E-state index contributed by atoms with van der Waals surface area (Å²) >= 11 is 0. The summed E-state index contributed by atoms with van der Waals surface area (Å²) in [6, 6.07) is 0. The maximum absolute atomic E-state index is 12.1. The topological polar surface area (TPSA) is 46.5 Å². The van der Waals surface area contributed by atoms with Crippen LogP contribution in [0.1, 0.15) is 45.4 Å². The lowest BCUT2D eigenvalue weighted by molar-refractivity contribution is -0.158. The molecule has 0 amide bonds. The molecule has 5 atom stereocenters. The van der Waals surface area contributed by atoms with Gasteiger partial charge in [0.25, 0.3) is 0 Å². The van der Waals surface area contributed by atoms with Crippen LogP contribution in [0.3, 0.4) is 0 Å². The molecule has 3 nitrogen and oxygen atoms in total. The second kappa shape index (κ2) is 5.66. The number of ether oxygens (including phenoxy) is 1. The van der Waals surface area contributed by atoms with E-state index >= 15 is 0 Å². The zero-order chi connectivity index (χ0) is 14.0. The molecule has 2 saturated carbocycles. The Labute approximate surface area is 116 Å². The van der Waals surface area contributed by atoms with Crippen molar-refractivity contribution >= 4 is 5.97 Å². The van der Waals surface area contributed by atoms with Crippen molar-refractivity contribution in [2.45, 2.75) is 51.6 Å². The summed E-state index contributed by atoms with van der Waals surface area (Å²) in [4.78, 5) is 12.1. The molecule has 0 heterocycles. The van der Waals surface area contributed by atoms with Crippen LogP contribution in [-0.2, 0) is 9.53 Å². The first-order valence-electron chi connectivity index (χ1n) is 7.42. The monoisotopic (exact) mass is 266 g/mol. The van der Waals surface area contributed by atoms with Gasteiger partial charge in [-0.25, -0.2) is 0 Å². The van der Waals surface area contributed by atoms with E-state index in [4.69, 9.17) is 4.74 Å². The van der Waals surface area contributed by atoms with Gasteiger partial charge in [-0.1, -0.05) is 13.0 Å². The smallest absolute Gasteiger partial charge is 0.309 e. The van der Waals surface area contributed by atoms with Crippen molar-refractivity contribution in [2.75, 3.05) is 7.11 Å². The Balaban J connectivity index is 2.28. The number of aliphatic hydroxyl groups excluding tert-OH is 1. The van der Waals surface area contributed by atoms with Gasteiger partial charge in [-0.2, -0.15) is 0 Å². The highest BCUT2D eigenvalue weighted by Crippen LogP contribution is 2.58. The van der Waals surface area contributed by atoms with Crippen molar-refractivity contribution in [1.29, 1.82) is 0 Å². The first-order valence-corrected chi connectivity index (χ1v) is 7.42. The fourth-order valence-corrected chi connectivity index (χ4v) is 4.47. The minimum absolute atomic E-state index is 0.0728. The standard InChI is InChI=1S/C16H26O3/c1-4-5-8-16-9-6-11(2)13(15(18)19-3)14(16)12(17)7-10-16/h4,11-14,17H,1,5-10H2,2-3H3/t11-,12+,13-,14+,16+/m1/s1. The van der Waals surface area contributed by atoms with Crippen molar-refractivity contribution < 1.29 is 14.6 Å². The van der Waals surface area contributed by atoms with Crippen molar-refractivity contribution in [1.82, 2.24) is 0 Å². The number of rotatable bonds is 4. The third-order valence-electron chi connectivity index (χ3n) is 5.48. The number of aliphatic hydroxyl groups is 1. The average Bonchev–Trinajstić information content (AvgIpc) is 2.74. The predicted molar refractivity (Wildman–Crippen MR) is 74.5 cm³/mol. The van der Waals surface area contributed by atoms with E-state index in [9.17, 15) is 9.90 Å². The number of methoxy groups -OCH3 is 1. The number of allylic oxidation sites excluding steroid dienone is 1. The highest BCUT2D eigenvalue weighted by Gasteiger charge is 2.56. The van der Waals surface area contributed by atoms with Gasteiger partial charge in [0, 0.05) is 5.92 Å². The first kappa shape index (κ1) is 14.6. The van der Waals surface area contributed by atoms with Crippen LogP contribution in [0.15, 0.2) is 12.7 Å². The van der Waals surface area contributed by atoms with Crippen LogP contribution in [0, 0.1) is 23.2 Å². The number of carbonyl (C=O) groups is 1. The number of fused-ring (bicyclic) bond motifs is 1. The molecule has 0 aromatic rings. The van der Waals surface area contributed by atoms with Crippen LogP contribution < -0.4 is 0 Å². The Hall–Kier alpha value is -0.830. The minimum atomic E-state index is -0.350. The number of esters is 1. The molecular formula is C16H26O3. The summed E-state index contributed by atoms with van der Waals surface area (Å²) in [5.74, 6) is 0.105. The van der Waals surface area contributed by atoms with Crippen LogP contribution >= 0.6 is 0 Å². The molecule has 0 aliphatic heterocycles. The Morgan fingerprint density at radius 3 is 2.79 bits per heavy atom. The van der Waals surface area contributed by atoms with Crippen molar-refractivity contribution in [3.8, 4) is 0 Å². The fraction of sp³-hybridized carbons (Fsp3) is 0.812. The van der Waals surface area contributed by atoms with E-state index in [-0.39, 0.29) is 29.3 Å². The molecule has 0 unspecified atom stereocenters. The number of hydrogen-bond acceptors (Lipinski definition) is 3. The van der Waals surface area contributed by atoms with Gasteiger partial charge in [0.2, 0.25) is 0 Å². The normalized spacial score (nSPS) is 41.6. The predicted octanol–water partition coefficient (Wildman–Crippen LogP) is 2.93. The summed E-state index contributed by atoms with van der Waals surface area (Å²) in [6.07, 6.45) is 7.63. The van der Waals surface area contributed by atoms with Crippen LogP contribution in [0.25, 0.3) is 0 Å². The van der Waals surface area contributed by atoms with E-state index in [1.54, 1.807) is 0 Å². The Kier molecular flexibility index (Phi) is 4.34. The quantitative estimate of drug-likeness (QED) is 0.628. The summed E-state index contributed by atoms with van der Waals surface area (Å²) in [5, 5.41) is 10.4. The second-order valence-electron chi connectivity index (χ2n) is 6.39. The molecule has 1 N–H and O–H groups in total. The fourth-order valence-electron chi connectivity index (χ4n) is 4.47. The molecule has 19 heavy (non-hydrogen) atoms. The molecule has 0 spiro atoms. The zero-order valence-electron chi connectivity index (χ0n) is 12.1. The van der Waals surface area contributed by atoms with Crippen LogP contribution in [0.4, 0.5) is 0 Å². The molecule has 0 saturated heterocycles. The van der Waals surface area contributed by atoms with E-state index in [0.29, 0.717) is 5.92 Å². The van der Waals surface area contributed by atoms with E-state index in [1.165, 1.54) is 7.11 Å². The third kappa shape index (κ3) is 2.45. The van der Waals surface area contributed by atoms with Crippen LogP contribution in [0.2, 0.25) is 0 Å². The molecular weight excluding hydrogens is 240 g/mol. The average molecular weight is 266 g/mol. The maximum atomic E-state index is 12.1. The lowest BCUT2D eigenvalue weighted by atomic mass is 9.58. The molecule has 0 radical (unpaired) electrons. The SMILES string of the molecule is C=CCC[C@@]12CC[C@@H](C)[C@@H](C(=O)OC)[C@@H]1[C@@H](O)CC2. The van der Waals surface area contributed by atoms with Gasteiger partial charge in [-0.05, 0) is 49.9 Å². The van der Waals surface area contributed by atoms with E-state index < -0.39 is 0 Å². The molecule has 2 fully saturated rings. The van der Waals surface area contributed by atoms with Crippen LogP contribution in [-0.4, -0.2) is 24.3 Å². The molecule has 2 aliphatic carbocycles. The van der Waals surface area contributed by atoms with Gasteiger partial charge < -0.3 is 9.84 Å². The van der Waals surface area contributed by atoms with Gasteiger partial charge in [0.15, 0.2) is 0 Å². The highest BCUT2D eigenvalue weighted by atomic mass is 16.5. The molecule has 0 aromatic heterocycles. The Morgan fingerprint density at radius 2 is 2.16 bits per heavy atom. The lowest BCUT2D eigenvalue weighted by Gasteiger charge is -2.47. The van der Waals surface area contributed by atoms with Gasteiger partial charge in [-0.3, -0.25) is 4.79 Å². The van der Waals surface area contributed by atoms with Crippen molar-refractivity contribution in [3.63, 3.8) is 0 Å². The first-order chi connectivity index (χ1) is 9.05. The van der Waals surface area contributed by atoms with Gasteiger partial charge in [0.1, 0.15) is 0 Å². The maximum Gasteiger partial charge on any atom is 0.309 e. The molecule has 2 aliphatic rings. The Morgan fingerprint density at radius 1 is 1.47 bits per heavy atom. The minimum Gasteiger partial charge on any atom is -0.469 e. The second-order valence-corrected chi connectivity index (χ2v) is 6.39. The van der Waals surface area contributed by atoms with E-state index in [2.05, 4.69) is 13.5 Å². The summed E-state index contributed by atoms with van der Waals surface area (Å²) in [7, 11) is 1.45. The van der Waals surface area contributed by atoms with Crippen molar-refractivity contribution in [2.24, 2.45) is 23.2 Å². The van der Waals surface area contributed by atoms with Crippen molar-refractivity contribution in [3.05, 3.63) is 12.7 Å². The lowest BCUT2D eigenvalue weighted by Crippen LogP contribution is -2.47. The highest BCUT2D eigenvalue weighted by molar-refractivity contribution is 5.73. The largest absolute Gasteiger partial charge is 0.469 e. The molecule has 0 aromatic carbocycles. The Bertz CT molecular complexity index is 352. The van der Waals surface area contributed by atoms with E-state index in [1.807, 2.05) is 6.08 Å². The summed E-state index contributed by atoms with van der Waals surface area (Å²) in [5.41, 5.74) is 0.124. The van der Waals surface area contributed by atoms with Gasteiger partial charge in [0.05, 0.1) is 19.1 Å². The number of carbonyl (C=O) groups excluding carboxylic acids is 1. The molecule has 2 rings (SSSR count). The molecule has 0 bridgehead atoms.